The van der Waals surface area contributed by atoms with Crippen LogP contribution in [0.1, 0.15) is 21.9 Å². The van der Waals surface area contributed by atoms with Gasteiger partial charge in [-0.15, -0.1) is 0 Å². The Hall–Kier alpha value is -3.50. The Morgan fingerprint density at radius 1 is 1.19 bits per heavy atom. The van der Waals surface area contributed by atoms with E-state index >= 15 is 0 Å². The van der Waals surface area contributed by atoms with Crippen molar-refractivity contribution in [3.63, 3.8) is 0 Å². The number of nitrogens with zero attached hydrogens (tertiary/aromatic N) is 7. The van der Waals surface area contributed by atoms with E-state index in [4.69, 9.17) is 0 Å². The highest BCUT2D eigenvalue weighted by Gasteiger charge is 2.36. The van der Waals surface area contributed by atoms with E-state index in [-0.39, 0.29) is 17.0 Å². The number of rotatable bonds is 2. The Labute approximate surface area is 149 Å². The maximum atomic E-state index is 13.6. The van der Waals surface area contributed by atoms with E-state index in [1.807, 2.05) is 0 Å². The smallest absolute Gasteiger partial charge is 0.275 e. The molecule has 0 aliphatic heterocycles. The van der Waals surface area contributed by atoms with Gasteiger partial charge in [0, 0.05) is 37.3 Å². The second kappa shape index (κ2) is 5.76. The molecule has 0 N–H and O–H groups in total. The van der Waals surface area contributed by atoms with Crippen LogP contribution in [-0.2, 0) is 13.2 Å². The Kier molecular flexibility index (Phi) is 3.61. The molecule has 138 valence electrons. The molecule has 4 rings (SSSR count). The normalized spacial score (nSPS) is 12.0. The van der Waals surface area contributed by atoms with Crippen molar-refractivity contribution in [2.24, 2.45) is 7.05 Å². The van der Waals surface area contributed by atoms with Crippen LogP contribution in [-0.4, -0.2) is 40.1 Å². The molecule has 0 spiro atoms. The minimum Gasteiger partial charge on any atom is -0.275 e. The first-order chi connectivity index (χ1) is 12.7. The summed E-state index contributed by atoms with van der Waals surface area (Å²) in [5.74, 6) is -0.655. The number of carbonyl (C=O) groups is 1. The molecule has 0 aliphatic rings. The van der Waals surface area contributed by atoms with Gasteiger partial charge >= 0.3 is 6.18 Å². The third-order valence-electron chi connectivity index (χ3n) is 3.94. The lowest BCUT2D eigenvalue weighted by molar-refractivity contribution is -0.142. The number of aromatic nitrogens is 7. The topological polar surface area (TPSA) is 82.9 Å². The van der Waals surface area contributed by atoms with E-state index in [1.165, 1.54) is 29.2 Å². The maximum Gasteiger partial charge on any atom is 0.433 e. The molecule has 0 saturated heterocycles. The Morgan fingerprint density at radius 2 is 1.96 bits per heavy atom. The largest absolute Gasteiger partial charge is 0.433 e. The third-order valence-corrected chi connectivity index (χ3v) is 3.94. The predicted molar refractivity (Wildman–Crippen MR) is 86.9 cm³/mol. The first-order valence-corrected chi connectivity index (χ1v) is 7.77. The van der Waals surface area contributed by atoms with Crippen molar-refractivity contribution in [1.29, 1.82) is 0 Å². The number of carbonyl (C=O) groups excluding carboxylic acids is 1. The Bertz CT molecular complexity index is 1160. The van der Waals surface area contributed by atoms with Crippen LogP contribution in [0.15, 0.2) is 36.8 Å². The highest BCUT2D eigenvalue weighted by atomic mass is 19.4. The molecule has 4 heterocycles. The number of hydrogen-bond acceptors (Lipinski definition) is 5. The second-order valence-electron chi connectivity index (χ2n) is 5.88. The SMILES string of the molecule is Cc1nn(C)cc1-c1cc(C(F)(F)F)n2nc(C(=O)n3cccn3)cc2n1. The standard InChI is InChI=1S/C16H12F3N7O/c1-9-10(8-24(2)22-9)11-6-13(16(17,18)19)26-14(21-11)7-12(23-26)15(27)25-5-3-4-20-25/h3-8H,1-2H3. The number of halogens is 3. The lowest BCUT2D eigenvalue weighted by atomic mass is 10.1. The molecular weight excluding hydrogens is 363 g/mol. The summed E-state index contributed by atoms with van der Waals surface area (Å²) in [4.78, 5) is 16.6. The monoisotopic (exact) mass is 375 g/mol. The van der Waals surface area contributed by atoms with Gasteiger partial charge in [-0.2, -0.15) is 28.5 Å². The van der Waals surface area contributed by atoms with Gasteiger partial charge in [-0.25, -0.2) is 14.2 Å². The summed E-state index contributed by atoms with van der Waals surface area (Å²) in [6.45, 7) is 1.68. The van der Waals surface area contributed by atoms with Crippen LogP contribution < -0.4 is 0 Å². The number of fused-ring (bicyclic) bond motifs is 1. The van der Waals surface area contributed by atoms with Gasteiger partial charge < -0.3 is 0 Å². The third kappa shape index (κ3) is 2.86. The average molecular weight is 375 g/mol. The fraction of sp³-hybridized carbons (Fsp3) is 0.188. The quantitative estimate of drug-likeness (QED) is 0.537. The van der Waals surface area contributed by atoms with Crippen LogP contribution in [0.25, 0.3) is 16.9 Å². The van der Waals surface area contributed by atoms with E-state index < -0.39 is 17.8 Å². The molecule has 0 fully saturated rings. The first-order valence-electron chi connectivity index (χ1n) is 7.77. The summed E-state index contributed by atoms with van der Waals surface area (Å²) in [6, 6.07) is 3.62. The number of alkyl halides is 3. The maximum absolute atomic E-state index is 13.6. The summed E-state index contributed by atoms with van der Waals surface area (Å²) >= 11 is 0. The molecule has 0 bridgehead atoms. The van der Waals surface area contributed by atoms with Crippen molar-refractivity contribution in [3.05, 3.63) is 53.9 Å². The van der Waals surface area contributed by atoms with Gasteiger partial charge in [0.1, 0.15) is 0 Å². The van der Waals surface area contributed by atoms with E-state index in [9.17, 15) is 18.0 Å². The molecule has 0 aromatic carbocycles. The van der Waals surface area contributed by atoms with Crippen LogP contribution in [0.5, 0.6) is 0 Å². The van der Waals surface area contributed by atoms with E-state index in [0.29, 0.717) is 15.8 Å². The fourth-order valence-electron chi connectivity index (χ4n) is 2.78. The molecule has 0 saturated carbocycles. The fourth-order valence-corrected chi connectivity index (χ4v) is 2.78. The zero-order valence-electron chi connectivity index (χ0n) is 14.1. The van der Waals surface area contributed by atoms with Crippen molar-refractivity contribution in [1.82, 2.24) is 34.2 Å². The molecule has 0 radical (unpaired) electrons. The predicted octanol–water partition coefficient (Wildman–Crippen LogP) is 2.34. The van der Waals surface area contributed by atoms with Crippen LogP contribution in [0.3, 0.4) is 0 Å². The molecule has 0 amide bonds. The van der Waals surface area contributed by atoms with E-state index in [0.717, 1.165) is 10.7 Å². The lowest BCUT2D eigenvalue weighted by Gasteiger charge is -2.10. The molecule has 0 atom stereocenters. The van der Waals surface area contributed by atoms with Crippen molar-refractivity contribution < 1.29 is 18.0 Å². The van der Waals surface area contributed by atoms with Gasteiger partial charge in [0.25, 0.3) is 5.91 Å². The molecule has 11 heteroatoms. The number of hydrogen-bond donors (Lipinski definition) is 0. The summed E-state index contributed by atoms with van der Waals surface area (Å²) in [5, 5.41) is 11.7. The molecule has 0 unspecified atom stereocenters. The van der Waals surface area contributed by atoms with Crippen molar-refractivity contribution >= 4 is 11.6 Å². The molecule has 4 aromatic rings. The highest BCUT2D eigenvalue weighted by molar-refractivity contribution is 5.94. The van der Waals surface area contributed by atoms with Gasteiger partial charge in [0.05, 0.1) is 11.4 Å². The summed E-state index contributed by atoms with van der Waals surface area (Å²) in [6.07, 6.45) is -0.337. The van der Waals surface area contributed by atoms with Crippen molar-refractivity contribution in [2.45, 2.75) is 13.1 Å². The highest BCUT2D eigenvalue weighted by Crippen LogP contribution is 2.33. The summed E-state index contributed by atoms with van der Waals surface area (Å²) < 4.78 is 43.9. The minimum atomic E-state index is -4.69. The van der Waals surface area contributed by atoms with Gasteiger partial charge in [0.2, 0.25) is 0 Å². The van der Waals surface area contributed by atoms with E-state index in [2.05, 4.69) is 20.3 Å². The average Bonchev–Trinajstić information content (AvgIpc) is 3.31. The van der Waals surface area contributed by atoms with Gasteiger partial charge in [-0.1, -0.05) is 0 Å². The van der Waals surface area contributed by atoms with E-state index in [1.54, 1.807) is 20.2 Å². The summed E-state index contributed by atoms with van der Waals surface area (Å²) in [7, 11) is 1.67. The van der Waals surface area contributed by atoms with Crippen LogP contribution in [0.4, 0.5) is 13.2 Å². The van der Waals surface area contributed by atoms with Crippen LogP contribution in [0, 0.1) is 6.92 Å². The molecular formula is C16H12F3N7O. The number of aryl methyl sites for hydroxylation is 2. The molecule has 8 nitrogen and oxygen atoms in total. The Morgan fingerprint density at radius 3 is 2.56 bits per heavy atom. The van der Waals surface area contributed by atoms with Crippen molar-refractivity contribution in [3.8, 4) is 11.3 Å². The van der Waals surface area contributed by atoms with Crippen molar-refractivity contribution in [2.75, 3.05) is 0 Å². The second-order valence-corrected chi connectivity index (χ2v) is 5.88. The van der Waals surface area contributed by atoms with Gasteiger partial charge in [-0.05, 0) is 19.1 Å². The zero-order valence-corrected chi connectivity index (χ0v) is 14.1. The molecule has 4 aromatic heterocycles. The minimum absolute atomic E-state index is 0.0958. The van der Waals surface area contributed by atoms with Gasteiger partial charge in [0.15, 0.2) is 17.0 Å². The van der Waals surface area contributed by atoms with Gasteiger partial charge in [-0.3, -0.25) is 9.48 Å². The zero-order chi connectivity index (χ0) is 19.3. The Balaban J connectivity index is 1.93. The summed E-state index contributed by atoms with van der Waals surface area (Å²) in [5.41, 5.74) is -0.236. The first kappa shape index (κ1) is 16.9. The molecule has 0 aliphatic carbocycles. The lowest BCUT2D eigenvalue weighted by Crippen LogP contribution is -2.16. The molecule has 27 heavy (non-hydrogen) atoms. The van der Waals surface area contributed by atoms with Crippen LogP contribution >= 0.6 is 0 Å². The van der Waals surface area contributed by atoms with Crippen LogP contribution in [0.2, 0.25) is 0 Å².